The lowest BCUT2D eigenvalue weighted by Crippen LogP contribution is -2.33. The molecule has 0 aromatic heterocycles. The van der Waals surface area contributed by atoms with Gasteiger partial charge >= 0.3 is 0 Å². The molecule has 17 heavy (non-hydrogen) atoms. The van der Waals surface area contributed by atoms with Crippen LogP contribution in [0.4, 0.5) is 0 Å². The van der Waals surface area contributed by atoms with Crippen molar-refractivity contribution >= 4 is 5.78 Å². The number of rotatable bonds is 0. The summed E-state index contributed by atoms with van der Waals surface area (Å²) in [5.74, 6) is 2.63. The summed E-state index contributed by atoms with van der Waals surface area (Å²) in [6.45, 7) is 4.57. The Morgan fingerprint density at radius 3 is 2.65 bits per heavy atom. The Balaban J connectivity index is 1.93. The van der Waals surface area contributed by atoms with E-state index in [2.05, 4.69) is 13.8 Å². The highest BCUT2D eigenvalue weighted by molar-refractivity contribution is 5.91. The average Bonchev–Trinajstić information content (AvgIpc) is 2.31. The van der Waals surface area contributed by atoms with Crippen molar-refractivity contribution < 1.29 is 4.79 Å². The molecular formula is C16H22O. The molecule has 1 fully saturated rings. The predicted octanol–water partition coefficient (Wildman–Crippen LogP) is 4.05. The molecule has 0 aliphatic heterocycles. The zero-order valence-electron chi connectivity index (χ0n) is 11.0. The van der Waals surface area contributed by atoms with Crippen LogP contribution in [0.3, 0.4) is 0 Å². The van der Waals surface area contributed by atoms with E-state index in [1.54, 1.807) is 11.1 Å². The lowest BCUT2D eigenvalue weighted by molar-refractivity contribution is -0.115. The fraction of sp³-hybridized carbons (Fsp3) is 0.688. The van der Waals surface area contributed by atoms with Crippen LogP contribution in [0, 0.1) is 17.8 Å². The molecule has 0 saturated heterocycles. The van der Waals surface area contributed by atoms with Crippen molar-refractivity contribution in [2.75, 3.05) is 0 Å². The molecule has 0 N–H and O–H groups in total. The Hall–Kier alpha value is -0.850. The van der Waals surface area contributed by atoms with Gasteiger partial charge in [-0.1, -0.05) is 16.7 Å². The van der Waals surface area contributed by atoms with Crippen LogP contribution in [0.5, 0.6) is 0 Å². The van der Waals surface area contributed by atoms with E-state index >= 15 is 0 Å². The number of hydrogen-bond acceptors (Lipinski definition) is 1. The number of ketones is 1. The second kappa shape index (κ2) is 4.12. The maximum atomic E-state index is 11.6. The van der Waals surface area contributed by atoms with Crippen molar-refractivity contribution in [2.45, 2.75) is 52.4 Å². The third-order valence-corrected chi connectivity index (χ3v) is 5.24. The summed E-state index contributed by atoms with van der Waals surface area (Å²) in [6.07, 6.45) is 9.12. The van der Waals surface area contributed by atoms with Crippen molar-refractivity contribution in [1.29, 1.82) is 0 Å². The van der Waals surface area contributed by atoms with E-state index in [0.29, 0.717) is 11.7 Å². The second-order valence-corrected chi connectivity index (χ2v) is 6.26. The summed E-state index contributed by atoms with van der Waals surface area (Å²) in [5.41, 5.74) is 4.70. The number of carbonyl (C=O) groups excluding carboxylic acids is 1. The van der Waals surface area contributed by atoms with Gasteiger partial charge in [-0.25, -0.2) is 0 Å². The van der Waals surface area contributed by atoms with Gasteiger partial charge in [0.1, 0.15) is 0 Å². The number of fused-ring (bicyclic) bond motifs is 3. The molecule has 0 unspecified atom stereocenters. The van der Waals surface area contributed by atoms with Crippen LogP contribution in [-0.4, -0.2) is 5.78 Å². The number of carbonyl (C=O) groups is 1. The first-order chi connectivity index (χ1) is 8.15. The molecular weight excluding hydrogens is 208 g/mol. The Morgan fingerprint density at radius 2 is 1.82 bits per heavy atom. The van der Waals surface area contributed by atoms with E-state index in [1.165, 1.54) is 31.3 Å². The van der Waals surface area contributed by atoms with Gasteiger partial charge in [0.25, 0.3) is 0 Å². The van der Waals surface area contributed by atoms with Crippen LogP contribution in [0.2, 0.25) is 0 Å². The van der Waals surface area contributed by atoms with Gasteiger partial charge in [-0.2, -0.15) is 0 Å². The quantitative estimate of drug-likeness (QED) is 0.574. The summed E-state index contributed by atoms with van der Waals surface area (Å²) < 4.78 is 0. The minimum absolute atomic E-state index is 0.376. The molecule has 1 nitrogen and oxygen atoms in total. The van der Waals surface area contributed by atoms with Crippen LogP contribution >= 0.6 is 0 Å². The van der Waals surface area contributed by atoms with E-state index < -0.39 is 0 Å². The molecule has 3 aliphatic rings. The summed E-state index contributed by atoms with van der Waals surface area (Å²) in [7, 11) is 0. The van der Waals surface area contributed by atoms with Crippen molar-refractivity contribution in [1.82, 2.24) is 0 Å². The molecule has 0 amide bonds. The molecule has 92 valence electrons. The SMILES string of the molecule is CC1=C(C)C[C@@H]2C3=CC(=O)CC[C@@H]3CC[C@@H]2C1. The van der Waals surface area contributed by atoms with Gasteiger partial charge in [0, 0.05) is 6.42 Å². The molecule has 3 atom stereocenters. The summed E-state index contributed by atoms with van der Waals surface area (Å²) >= 11 is 0. The van der Waals surface area contributed by atoms with Crippen molar-refractivity contribution in [3.63, 3.8) is 0 Å². The maximum Gasteiger partial charge on any atom is 0.155 e. The lowest BCUT2D eigenvalue weighted by atomic mass is 9.61. The molecule has 3 aliphatic carbocycles. The van der Waals surface area contributed by atoms with Gasteiger partial charge in [-0.15, -0.1) is 0 Å². The molecule has 1 heteroatoms. The van der Waals surface area contributed by atoms with Crippen molar-refractivity contribution in [3.05, 3.63) is 22.8 Å². The van der Waals surface area contributed by atoms with Crippen LogP contribution in [-0.2, 0) is 4.79 Å². The largest absolute Gasteiger partial charge is 0.295 e. The highest BCUT2D eigenvalue weighted by Gasteiger charge is 2.38. The monoisotopic (exact) mass is 230 g/mol. The normalized spacial score (nSPS) is 37.4. The van der Waals surface area contributed by atoms with Crippen LogP contribution < -0.4 is 0 Å². The zero-order chi connectivity index (χ0) is 12.0. The molecule has 0 spiro atoms. The lowest BCUT2D eigenvalue weighted by Gasteiger charge is -2.43. The highest BCUT2D eigenvalue weighted by atomic mass is 16.1. The summed E-state index contributed by atoms with van der Waals surface area (Å²) in [5, 5.41) is 0. The number of allylic oxidation sites excluding steroid dienone is 4. The Morgan fingerprint density at radius 1 is 1.06 bits per heavy atom. The minimum atomic E-state index is 0.376. The first-order valence-electron chi connectivity index (χ1n) is 7.04. The van der Waals surface area contributed by atoms with Crippen molar-refractivity contribution in [2.24, 2.45) is 17.8 Å². The average molecular weight is 230 g/mol. The molecule has 0 heterocycles. The van der Waals surface area contributed by atoms with Gasteiger partial charge in [0.05, 0.1) is 0 Å². The van der Waals surface area contributed by atoms with Crippen LogP contribution in [0.15, 0.2) is 22.8 Å². The molecule has 3 rings (SSSR count). The highest BCUT2D eigenvalue weighted by Crippen LogP contribution is 2.49. The zero-order valence-corrected chi connectivity index (χ0v) is 11.0. The van der Waals surface area contributed by atoms with Gasteiger partial charge in [-0.05, 0) is 69.8 Å². The standard InChI is InChI=1S/C16H22O/c1-10-7-13-4-3-12-5-6-14(17)9-16(12)15(13)8-11(10)2/h9,12-13,15H,3-8H2,1-2H3/t12-,13+,15-/m0/s1. The van der Waals surface area contributed by atoms with E-state index in [9.17, 15) is 4.79 Å². The fourth-order valence-corrected chi connectivity index (χ4v) is 4.07. The van der Waals surface area contributed by atoms with Gasteiger partial charge in [0.15, 0.2) is 5.78 Å². The van der Waals surface area contributed by atoms with Crippen LogP contribution in [0.25, 0.3) is 0 Å². The smallest absolute Gasteiger partial charge is 0.155 e. The summed E-state index contributed by atoms with van der Waals surface area (Å²) in [6, 6.07) is 0. The minimum Gasteiger partial charge on any atom is -0.295 e. The Labute approximate surface area is 104 Å². The number of hydrogen-bond donors (Lipinski definition) is 0. The molecule has 0 bridgehead atoms. The second-order valence-electron chi connectivity index (χ2n) is 6.26. The van der Waals surface area contributed by atoms with E-state index in [-0.39, 0.29) is 0 Å². The Kier molecular flexibility index (Phi) is 2.72. The van der Waals surface area contributed by atoms with Gasteiger partial charge in [0.2, 0.25) is 0 Å². The molecule has 0 aromatic rings. The molecule has 0 aromatic carbocycles. The fourth-order valence-electron chi connectivity index (χ4n) is 4.07. The van der Waals surface area contributed by atoms with Gasteiger partial charge < -0.3 is 0 Å². The van der Waals surface area contributed by atoms with Crippen LogP contribution in [0.1, 0.15) is 52.4 Å². The van der Waals surface area contributed by atoms with E-state index in [4.69, 9.17) is 0 Å². The predicted molar refractivity (Wildman–Crippen MR) is 69.6 cm³/mol. The Bertz CT molecular complexity index is 413. The third-order valence-electron chi connectivity index (χ3n) is 5.24. The third kappa shape index (κ3) is 1.90. The maximum absolute atomic E-state index is 11.6. The van der Waals surface area contributed by atoms with Crippen molar-refractivity contribution in [3.8, 4) is 0 Å². The van der Waals surface area contributed by atoms with E-state index in [1.807, 2.05) is 6.08 Å². The first kappa shape index (κ1) is 11.3. The summed E-state index contributed by atoms with van der Waals surface area (Å²) in [4.78, 5) is 11.6. The molecule has 0 radical (unpaired) electrons. The molecule has 1 saturated carbocycles. The van der Waals surface area contributed by atoms with E-state index in [0.717, 1.165) is 24.7 Å². The topological polar surface area (TPSA) is 17.1 Å². The van der Waals surface area contributed by atoms with Gasteiger partial charge in [-0.3, -0.25) is 4.79 Å². The first-order valence-corrected chi connectivity index (χ1v) is 7.04.